The predicted octanol–water partition coefficient (Wildman–Crippen LogP) is 1.98. The van der Waals surface area contributed by atoms with E-state index in [2.05, 4.69) is 15.6 Å². The molecule has 1 heterocycles. The highest BCUT2D eigenvalue weighted by molar-refractivity contribution is 6.04. The van der Waals surface area contributed by atoms with E-state index in [1.54, 1.807) is 31.2 Å². The molecule has 2 amide bonds. The van der Waals surface area contributed by atoms with Gasteiger partial charge in [0, 0.05) is 30.1 Å². The molecule has 0 spiro atoms. The van der Waals surface area contributed by atoms with E-state index in [1.807, 2.05) is 0 Å². The lowest BCUT2D eigenvalue weighted by Gasteiger charge is -2.08. The third-order valence-corrected chi connectivity index (χ3v) is 2.77. The topological polar surface area (TPSA) is 91.1 Å². The Morgan fingerprint density at radius 3 is 2.43 bits per heavy atom. The smallest absolute Gasteiger partial charge is 0.257 e. The number of H-pyrrole nitrogens is 1. The Balaban J connectivity index is 2.10. The highest BCUT2D eigenvalue weighted by Crippen LogP contribution is 2.16. The van der Waals surface area contributed by atoms with Gasteiger partial charge < -0.3 is 15.6 Å². The third-order valence-electron chi connectivity index (χ3n) is 2.77. The van der Waals surface area contributed by atoms with Gasteiger partial charge in [-0.2, -0.15) is 0 Å². The SMILES string of the molecule is CCC(=O)Nc1cccc(NC(=O)c2ccc(=O)[nH]c2)c1. The summed E-state index contributed by atoms with van der Waals surface area (Å²) in [6, 6.07) is 9.57. The first kappa shape index (κ1) is 14.5. The fraction of sp³-hybridized carbons (Fsp3) is 0.133. The Labute approximate surface area is 121 Å². The number of pyridine rings is 1. The van der Waals surface area contributed by atoms with Crippen LogP contribution in [0.25, 0.3) is 0 Å². The zero-order valence-corrected chi connectivity index (χ0v) is 11.5. The molecule has 0 bridgehead atoms. The minimum Gasteiger partial charge on any atom is -0.328 e. The first-order chi connectivity index (χ1) is 10.1. The molecule has 108 valence electrons. The van der Waals surface area contributed by atoms with E-state index in [4.69, 9.17) is 0 Å². The van der Waals surface area contributed by atoms with Crippen molar-refractivity contribution in [2.24, 2.45) is 0 Å². The molecule has 0 aliphatic carbocycles. The highest BCUT2D eigenvalue weighted by atomic mass is 16.2. The zero-order chi connectivity index (χ0) is 15.2. The maximum absolute atomic E-state index is 12.0. The van der Waals surface area contributed by atoms with Gasteiger partial charge >= 0.3 is 0 Å². The number of aromatic amines is 1. The van der Waals surface area contributed by atoms with E-state index < -0.39 is 0 Å². The maximum Gasteiger partial charge on any atom is 0.257 e. The lowest BCUT2D eigenvalue weighted by molar-refractivity contribution is -0.115. The summed E-state index contributed by atoms with van der Waals surface area (Å²) in [7, 11) is 0. The molecule has 1 aromatic heterocycles. The molecule has 3 N–H and O–H groups in total. The molecule has 0 atom stereocenters. The Hall–Kier alpha value is -2.89. The molecule has 0 saturated heterocycles. The largest absolute Gasteiger partial charge is 0.328 e. The second kappa shape index (κ2) is 6.51. The van der Waals surface area contributed by atoms with Crippen molar-refractivity contribution in [2.45, 2.75) is 13.3 Å². The van der Waals surface area contributed by atoms with Crippen LogP contribution in [0.15, 0.2) is 47.4 Å². The monoisotopic (exact) mass is 285 g/mol. The highest BCUT2D eigenvalue weighted by Gasteiger charge is 2.07. The molecule has 1 aromatic carbocycles. The molecule has 2 rings (SSSR count). The number of carbonyl (C=O) groups is 2. The van der Waals surface area contributed by atoms with E-state index in [9.17, 15) is 14.4 Å². The van der Waals surface area contributed by atoms with Gasteiger partial charge in [0.05, 0.1) is 5.56 Å². The van der Waals surface area contributed by atoms with Crippen LogP contribution in [0.5, 0.6) is 0 Å². The lowest BCUT2D eigenvalue weighted by atomic mass is 10.2. The van der Waals surface area contributed by atoms with Crippen molar-refractivity contribution in [3.05, 3.63) is 58.5 Å². The molecule has 6 nitrogen and oxygen atoms in total. The second-order valence-electron chi connectivity index (χ2n) is 4.38. The first-order valence-corrected chi connectivity index (χ1v) is 6.48. The summed E-state index contributed by atoms with van der Waals surface area (Å²) in [4.78, 5) is 36.7. The van der Waals surface area contributed by atoms with Gasteiger partial charge in [0.1, 0.15) is 0 Å². The first-order valence-electron chi connectivity index (χ1n) is 6.48. The summed E-state index contributed by atoms with van der Waals surface area (Å²) in [5.74, 6) is -0.440. The van der Waals surface area contributed by atoms with E-state index >= 15 is 0 Å². The van der Waals surface area contributed by atoms with Crippen LogP contribution in [0.3, 0.4) is 0 Å². The number of aromatic nitrogens is 1. The molecule has 21 heavy (non-hydrogen) atoms. The molecule has 0 saturated carbocycles. The number of anilines is 2. The van der Waals surface area contributed by atoms with Crippen LogP contribution in [0.2, 0.25) is 0 Å². The number of nitrogens with one attached hydrogen (secondary N) is 3. The van der Waals surface area contributed by atoms with Gasteiger partial charge in [0.2, 0.25) is 11.5 Å². The quantitative estimate of drug-likeness (QED) is 0.802. The van der Waals surface area contributed by atoms with Crippen molar-refractivity contribution in [1.29, 1.82) is 0 Å². The Morgan fingerprint density at radius 2 is 1.81 bits per heavy atom. The Kier molecular flexibility index (Phi) is 4.50. The van der Waals surface area contributed by atoms with Crippen LogP contribution in [0.1, 0.15) is 23.7 Å². The van der Waals surface area contributed by atoms with Gasteiger partial charge in [-0.05, 0) is 24.3 Å². The van der Waals surface area contributed by atoms with Crippen LogP contribution in [0.4, 0.5) is 11.4 Å². The molecular weight excluding hydrogens is 270 g/mol. The average molecular weight is 285 g/mol. The Bertz CT molecular complexity index is 702. The number of benzene rings is 1. The van der Waals surface area contributed by atoms with E-state index in [0.29, 0.717) is 23.4 Å². The van der Waals surface area contributed by atoms with E-state index in [0.717, 1.165) is 0 Å². The van der Waals surface area contributed by atoms with Crippen molar-refractivity contribution in [1.82, 2.24) is 4.98 Å². The zero-order valence-electron chi connectivity index (χ0n) is 11.5. The fourth-order valence-corrected chi connectivity index (χ4v) is 1.68. The molecule has 0 unspecified atom stereocenters. The van der Waals surface area contributed by atoms with Crippen LogP contribution in [-0.4, -0.2) is 16.8 Å². The average Bonchev–Trinajstić information content (AvgIpc) is 2.48. The standard InChI is InChI=1S/C15H15N3O3/c1-2-13(19)17-11-4-3-5-12(8-11)18-15(21)10-6-7-14(20)16-9-10/h3-9H,2H2,1H3,(H,16,20)(H,17,19)(H,18,21). The fourth-order valence-electron chi connectivity index (χ4n) is 1.68. The van der Waals surface area contributed by atoms with E-state index in [1.165, 1.54) is 18.3 Å². The van der Waals surface area contributed by atoms with Crippen LogP contribution in [-0.2, 0) is 4.79 Å². The normalized spacial score (nSPS) is 9.95. The van der Waals surface area contributed by atoms with Gasteiger partial charge in [-0.1, -0.05) is 13.0 Å². The molecule has 2 aromatic rings. The summed E-state index contributed by atoms with van der Waals surface area (Å²) in [5, 5.41) is 5.41. The summed E-state index contributed by atoms with van der Waals surface area (Å²) in [5.41, 5.74) is 1.25. The van der Waals surface area contributed by atoms with Crippen molar-refractivity contribution < 1.29 is 9.59 Å². The van der Waals surface area contributed by atoms with Crippen molar-refractivity contribution in [2.75, 3.05) is 10.6 Å². The summed E-state index contributed by atoms with van der Waals surface area (Å²) < 4.78 is 0. The molecule has 0 fully saturated rings. The number of amides is 2. The number of carbonyl (C=O) groups excluding carboxylic acids is 2. The molecule has 6 heteroatoms. The lowest BCUT2D eigenvalue weighted by Crippen LogP contribution is -2.15. The van der Waals surface area contributed by atoms with Gasteiger partial charge in [-0.15, -0.1) is 0 Å². The summed E-state index contributed by atoms with van der Waals surface area (Å²) >= 11 is 0. The third kappa shape index (κ3) is 4.04. The van der Waals surface area contributed by atoms with Crippen molar-refractivity contribution in [3.63, 3.8) is 0 Å². The number of hydrogen-bond donors (Lipinski definition) is 3. The summed E-state index contributed by atoms with van der Waals surface area (Å²) in [6.07, 6.45) is 1.73. The number of rotatable bonds is 4. The van der Waals surface area contributed by atoms with E-state index in [-0.39, 0.29) is 17.4 Å². The van der Waals surface area contributed by atoms with Crippen LogP contribution in [0, 0.1) is 0 Å². The number of hydrogen-bond acceptors (Lipinski definition) is 3. The second-order valence-corrected chi connectivity index (χ2v) is 4.38. The Morgan fingerprint density at radius 1 is 1.10 bits per heavy atom. The van der Waals surface area contributed by atoms with Crippen molar-refractivity contribution >= 4 is 23.2 Å². The van der Waals surface area contributed by atoms with Crippen molar-refractivity contribution in [3.8, 4) is 0 Å². The minimum absolute atomic E-state index is 0.0980. The van der Waals surface area contributed by atoms with Gasteiger partial charge in [-0.3, -0.25) is 14.4 Å². The molecular formula is C15H15N3O3. The van der Waals surface area contributed by atoms with Gasteiger partial charge in [0.15, 0.2) is 0 Å². The van der Waals surface area contributed by atoms with Crippen LogP contribution < -0.4 is 16.2 Å². The van der Waals surface area contributed by atoms with Gasteiger partial charge in [0.25, 0.3) is 5.91 Å². The predicted molar refractivity (Wildman–Crippen MR) is 80.4 cm³/mol. The molecule has 0 aliphatic rings. The molecule has 0 aliphatic heterocycles. The molecule has 0 radical (unpaired) electrons. The van der Waals surface area contributed by atoms with Gasteiger partial charge in [-0.25, -0.2) is 0 Å². The maximum atomic E-state index is 12.0. The van der Waals surface area contributed by atoms with Crippen LogP contribution >= 0.6 is 0 Å². The summed E-state index contributed by atoms with van der Waals surface area (Å²) in [6.45, 7) is 1.76. The minimum atomic E-state index is -0.342.